The van der Waals surface area contributed by atoms with E-state index in [4.69, 9.17) is 10.0 Å². The lowest BCUT2D eigenvalue weighted by molar-refractivity contribution is -0.118. The van der Waals surface area contributed by atoms with Gasteiger partial charge in [-0.1, -0.05) is 95.2 Å². The van der Waals surface area contributed by atoms with Gasteiger partial charge in [-0.15, -0.1) is 0 Å². The molecule has 21 heteroatoms. The molecule has 2 aromatic heterocycles. The third-order valence-electron chi connectivity index (χ3n) is 15.5. The summed E-state index contributed by atoms with van der Waals surface area (Å²) < 4.78 is 53.3. The van der Waals surface area contributed by atoms with E-state index in [2.05, 4.69) is 96.5 Å². The zero-order valence-electron chi connectivity index (χ0n) is 45.4. The molecule has 2 fully saturated rings. The normalized spacial score (nSPS) is 18.4. The van der Waals surface area contributed by atoms with Crippen LogP contribution in [0.1, 0.15) is 127 Å². The van der Waals surface area contributed by atoms with E-state index in [0.717, 1.165) is 50.3 Å². The highest BCUT2D eigenvalue weighted by molar-refractivity contribution is 9.10. The van der Waals surface area contributed by atoms with Crippen molar-refractivity contribution >= 4 is 71.9 Å². The Morgan fingerprint density at radius 1 is 0.696 bits per heavy atom. The topological polar surface area (TPSA) is 237 Å². The SMILES string of the molecule is C.CC(C)c1ncncc1B(O)O.CNS(=O)(=O)c1ccc(CCC(=O)N2CC(C)(C3CC3)c3cc(Br)ccc32)cc1.CNS(=O)(=O)c1ccc(CNC(=O)N2CC(C)(C3CC3)c3cc(-c4cncnc4C(C)C)ccc32)cc1. The Morgan fingerprint density at radius 3 is 1.71 bits per heavy atom. The van der Waals surface area contributed by atoms with Crippen molar-refractivity contribution in [3.63, 3.8) is 0 Å². The van der Waals surface area contributed by atoms with Crippen LogP contribution in [0.4, 0.5) is 16.2 Å². The van der Waals surface area contributed by atoms with Gasteiger partial charge in [-0.25, -0.2) is 51.0 Å². The summed E-state index contributed by atoms with van der Waals surface area (Å²) in [5.74, 6) is 1.76. The number of aryl methyl sites for hydroxylation is 1. The number of halogens is 1. The lowest BCUT2D eigenvalue weighted by Crippen LogP contribution is -2.42. The summed E-state index contributed by atoms with van der Waals surface area (Å²) in [5.41, 5.74) is 10.3. The minimum atomic E-state index is -3.49. The fraction of sp³-hybridized carbons (Fsp3) is 0.414. The molecule has 2 aliphatic carbocycles. The second kappa shape index (κ2) is 24.8. The number of carbonyl (C=O) groups excluding carboxylic acids is 2. The van der Waals surface area contributed by atoms with Crippen molar-refractivity contribution in [1.82, 2.24) is 34.7 Å². The first-order valence-electron chi connectivity index (χ1n) is 26.3. The predicted molar refractivity (Wildman–Crippen MR) is 314 cm³/mol. The Labute approximate surface area is 474 Å². The lowest BCUT2D eigenvalue weighted by Gasteiger charge is -2.26. The first-order valence-corrected chi connectivity index (χ1v) is 30.1. The summed E-state index contributed by atoms with van der Waals surface area (Å²) in [7, 11) is -5.64. The molecule has 17 nitrogen and oxygen atoms in total. The average molecular weight is 1180 g/mol. The minimum absolute atomic E-state index is 0. The average Bonchev–Trinajstić information content (AvgIpc) is 4.43. The molecule has 5 N–H and O–H groups in total. The van der Waals surface area contributed by atoms with Crippen LogP contribution in [-0.2, 0) is 48.6 Å². The van der Waals surface area contributed by atoms with Gasteiger partial charge in [0.15, 0.2) is 0 Å². The minimum Gasteiger partial charge on any atom is -0.423 e. The van der Waals surface area contributed by atoms with Gasteiger partial charge in [0.2, 0.25) is 26.0 Å². The molecule has 10 rings (SSSR count). The maximum atomic E-state index is 13.4. The quantitative estimate of drug-likeness (QED) is 0.0609. The first-order chi connectivity index (χ1) is 37.0. The number of hydrogen-bond acceptors (Lipinski definition) is 12. The van der Waals surface area contributed by atoms with Crippen LogP contribution in [0.15, 0.2) is 124 Å². The lowest BCUT2D eigenvalue weighted by atomic mass is 9.78. The van der Waals surface area contributed by atoms with E-state index in [1.54, 1.807) is 54.9 Å². The van der Waals surface area contributed by atoms with E-state index in [-0.39, 0.29) is 51.8 Å². The van der Waals surface area contributed by atoms with Gasteiger partial charge in [-0.2, -0.15) is 0 Å². The van der Waals surface area contributed by atoms with Gasteiger partial charge in [0.05, 0.1) is 15.5 Å². The van der Waals surface area contributed by atoms with Gasteiger partial charge >= 0.3 is 13.1 Å². The van der Waals surface area contributed by atoms with Crippen LogP contribution in [-0.4, -0.2) is 93.1 Å². The smallest absolute Gasteiger partial charge is 0.423 e. The summed E-state index contributed by atoms with van der Waals surface area (Å²) in [4.78, 5) is 47.2. The number of benzene rings is 4. The molecule has 4 aliphatic rings. The maximum Gasteiger partial charge on any atom is 0.491 e. The number of nitrogens with zero attached hydrogens (tertiary/aromatic N) is 6. The molecule has 2 atom stereocenters. The largest absolute Gasteiger partial charge is 0.491 e. The molecule has 4 heterocycles. The van der Waals surface area contributed by atoms with Gasteiger partial charge in [0, 0.05) is 81.8 Å². The van der Waals surface area contributed by atoms with Gasteiger partial charge in [0.1, 0.15) is 12.7 Å². The van der Waals surface area contributed by atoms with Crippen LogP contribution in [0.2, 0.25) is 0 Å². The molecule has 6 aromatic rings. The predicted octanol–water partition coefficient (Wildman–Crippen LogP) is 8.49. The molecule has 2 aliphatic heterocycles. The molecule has 0 bridgehead atoms. The highest BCUT2D eigenvalue weighted by Gasteiger charge is 2.51. The molecule has 0 radical (unpaired) electrons. The molecule has 79 heavy (non-hydrogen) atoms. The third-order valence-corrected chi connectivity index (χ3v) is 18.9. The summed E-state index contributed by atoms with van der Waals surface area (Å²) >= 11 is 3.58. The maximum absolute atomic E-state index is 13.4. The fourth-order valence-corrected chi connectivity index (χ4v) is 12.5. The number of nitrogens with one attached hydrogen (secondary N) is 3. The van der Waals surface area contributed by atoms with Crippen molar-refractivity contribution in [2.45, 2.75) is 126 Å². The second-order valence-corrected chi connectivity index (χ2v) is 26.3. The Hall–Kier alpha value is -5.94. The Balaban J connectivity index is 0.000000191. The van der Waals surface area contributed by atoms with Gasteiger partial charge in [0.25, 0.3) is 0 Å². The second-order valence-electron chi connectivity index (χ2n) is 21.6. The molecule has 2 saturated carbocycles. The number of urea groups is 1. The number of rotatable bonds is 15. The monoisotopic (exact) mass is 1180 g/mol. The Morgan fingerprint density at radius 2 is 1.19 bits per heavy atom. The van der Waals surface area contributed by atoms with Crippen LogP contribution in [0.25, 0.3) is 11.1 Å². The number of aromatic nitrogens is 4. The highest BCUT2D eigenvalue weighted by Crippen LogP contribution is 2.56. The molecule has 2 unspecified atom stereocenters. The van der Waals surface area contributed by atoms with Gasteiger partial charge in [-0.05, 0) is 152 Å². The molecule has 4 aromatic carbocycles. The van der Waals surface area contributed by atoms with E-state index >= 15 is 0 Å². The highest BCUT2D eigenvalue weighted by atomic mass is 79.9. The molecular formula is C58H73BBrN9O8S2. The number of amides is 3. The van der Waals surface area contributed by atoms with Crippen molar-refractivity contribution < 1.29 is 36.5 Å². The van der Waals surface area contributed by atoms with Crippen LogP contribution in [0.3, 0.4) is 0 Å². The summed E-state index contributed by atoms with van der Waals surface area (Å²) in [6.07, 6.45) is 12.1. The summed E-state index contributed by atoms with van der Waals surface area (Å²) in [6, 6.07) is 25.6. The molecular weight excluding hydrogens is 1110 g/mol. The van der Waals surface area contributed by atoms with Gasteiger partial charge in [-0.3, -0.25) is 9.69 Å². The molecule has 3 amide bonds. The zero-order valence-corrected chi connectivity index (χ0v) is 48.6. The number of sulfonamides is 2. The van der Waals surface area contributed by atoms with E-state index in [9.17, 15) is 26.4 Å². The molecule has 420 valence electrons. The van der Waals surface area contributed by atoms with E-state index in [1.165, 1.54) is 63.4 Å². The van der Waals surface area contributed by atoms with Crippen LogP contribution in [0, 0.1) is 11.8 Å². The van der Waals surface area contributed by atoms with E-state index in [0.29, 0.717) is 48.9 Å². The number of hydrogen-bond donors (Lipinski definition) is 5. The summed E-state index contributed by atoms with van der Waals surface area (Å²) in [5, 5.41) is 20.9. The fourth-order valence-electron chi connectivity index (χ4n) is 10.7. The van der Waals surface area contributed by atoms with Crippen LogP contribution >= 0.6 is 15.9 Å². The van der Waals surface area contributed by atoms with Crippen molar-refractivity contribution in [2.24, 2.45) is 11.8 Å². The third kappa shape index (κ3) is 13.5. The van der Waals surface area contributed by atoms with Crippen LogP contribution < -0.4 is 30.0 Å². The molecule has 0 saturated heterocycles. The Bertz CT molecular complexity index is 3360. The number of anilines is 2. The van der Waals surface area contributed by atoms with Crippen molar-refractivity contribution in [1.29, 1.82) is 0 Å². The number of carbonyl (C=O) groups is 2. The van der Waals surface area contributed by atoms with Crippen molar-refractivity contribution in [3.05, 3.63) is 148 Å². The van der Waals surface area contributed by atoms with E-state index < -0.39 is 27.2 Å². The number of fused-ring (bicyclic) bond motifs is 2. The van der Waals surface area contributed by atoms with Gasteiger partial charge < -0.3 is 20.3 Å². The van der Waals surface area contributed by atoms with E-state index in [1.807, 2.05) is 48.0 Å². The van der Waals surface area contributed by atoms with Crippen molar-refractivity contribution in [3.8, 4) is 11.1 Å². The summed E-state index contributed by atoms with van der Waals surface area (Å²) in [6.45, 7) is 14.4. The zero-order chi connectivity index (χ0) is 56.3. The standard InChI is InChI=1S/C28H33N5O3S.C22H25BrN2O3S.C7H11BN2O2.CH4/c1-18(2)26-23(15-30-17-32-26)20-7-12-25-24(13-20)28(3,21-8-9-21)16-33(25)27(34)31-14-19-5-10-22(11-6-19)37(35,36)29-4;1-22(16-6-7-16)14-25(20-11-8-17(23)13-19(20)22)21(26)12-5-15-3-9-18(10-4-15)29(27,28)24-2;1-5(2)7-6(8(11)12)3-9-4-10-7;/h5-7,10-13,15,17-18,21,29H,8-9,14,16H2,1-4H3,(H,31,34);3-4,8-11,13,16,24H,5-7,12,14H2,1-2H3;3-5,11-12H,1-2H3;1H4. The Kier molecular flexibility index (Phi) is 19.1. The first kappa shape index (κ1) is 60.7. The molecule has 0 spiro atoms. The van der Waals surface area contributed by atoms with Crippen LogP contribution in [0.5, 0.6) is 0 Å². The van der Waals surface area contributed by atoms with Crippen molar-refractivity contribution in [2.75, 3.05) is 37.0 Å².